The Hall–Kier alpha value is -1.75. The molecule has 1 aliphatic rings. The molecule has 5 nitrogen and oxygen atoms in total. The zero-order valence-electron chi connectivity index (χ0n) is 9.51. The molecule has 0 aromatic heterocycles. The van der Waals surface area contributed by atoms with Crippen LogP contribution < -0.4 is 4.90 Å². The summed E-state index contributed by atoms with van der Waals surface area (Å²) in [5.74, 6) is -0.965. The normalized spacial score (nSPS) is 19.5. The lowest BCUT2D eigenvalue weighted by Crippen LogP contribution is -2.42. The summed E-state index contributed by atoms with van der Waals surface area (Å²) in [7, 11) is 0. The predicted octanol–water partition coefficient (Wildman–Crippen LogP) is 2.53. The second-order valence-electron chi connectivity index (χ2n) is 4.02. The quantitative estimate of drug-likeness (QED) is 0.916. The average molecular weight is 270 g/mol. The monoisotopic (exact) mass is 269 g/mol. The number of cyclic esters (lactones) is 1. The maximum Gasteiger partial charge on any atom is 0.414 e. The molecule has 0 aliphatic carbocycles. The van der Waals surface area contributed by atoms with Gasteiger partial charge in [-0.15, -0.1) is 0 Å². The molecule has 6 heteroatoms. The molecule has 0 spiro atoms. The van der Waals surface area contributed by atoms with Crippen LogP contribution >= 0.6 is 11.6 Å². The number of rotatable bonds is 3. The van der Waals surface area contributed by atoms with Crippen LogP contribution in [-0.4, -0.2) is 29.8 Å². The number of aliphatic carboxylic acids is 1. The molecule has 1 saturated heterocycles. The zero-order chi connectivity index (χ0) is 13.1. The topological polar surface area (TPSA) is 66.8 Å². The van der Waals surface area contributed by atoms with E-state index in [0.29, 0.717) is 23.7 Å². The number of hydrogen-bond acceptors (Lipinski definition) is 3. The molecule has 1 fully saturated rings. The number of ether oxygens (including phenoxy) is 1. The first-order valence-electron chi connectivity index (χ1n) is 5.52. The summed E-state index contributed by atoms with van der Waals surface area (Å²) in [5, 5.41) is 9.24. The number of anilines is 1. The van der Waals surface area contributed by atoms with Gasteiger partial charge in [-0.2, -0.15) is 0 Å². The van der Waals surface area contributed by atoms with Gasteiger partial charge in [0.25, 0.3) is 0 Å². The fourth-order valence-corrected chi connectivity index (χ4v) is 1.95. The Bertz CT molecular complexity index is 460. The predicted molar refractivity (Wildman–Crippen MR) is 65.9 cm³/mol. The molecule has 1 heterocycles. The van der Waals surface area contributed by atoms with E-state index in [1.54, 1.807) is 24.3 Å². The van der Waals surface area contributed by atoms with Gasteiger partial charge in [0.2, 0.25) is 0 Å². The molecule has 1 unspecified atom stereocenters. The van der Waals surface area contributed by atoms with Crippen LogP contribution in [0.5, 0.6) is 0 Å². The first kappa shape index (κ1) is 12.7. The number of hydrogen-bond donors (Lipinski definition) is 1. The summed E-state index contributed by atoms with van der Waals surface area (Å²) in [6, 6.07) is 6.82. The third kappa shape index (κ3) is 2.92. The first-order valence-corrected chi connectivity index (χ1v) is 5.89. The lowest BCUT2D eigenvalue weighted by Gasteiger charge is -2.31. The van der Waals surface area contributed by atoms with Gasteiger partial charge >= 0.3 is 12.1 Å². The first-order chi connectivity index (χ1) is 8.56. The van der Waals surface area contributed by atoms with E-state index in [1.165, 1.54) is 4.90 Å². The number of halogens is 1. The van der Waals surface area contributed by atoms with Gasteiger partial charge in [0.05, 0.1) is 6.42 Å². The number of nitrogens with zero attached hydrogens (tertiary/aromatic N) is 1. The molecule has 96 valence electrons. The third-order valence-electron chi connectivity index (χ3n) is 2.70. The van der Waals surface area contributed by atoms with Crippen LogP contribution in [0.1, 0.15) is 12.8 Å². The second kappa shape index (κ2) is 5.27. The van der Waals surface area contributed by atoms with E-state index in [4.69, 9.17) is 21.4 Å². The van der Waals surface area contributed by atoms with Crippen molar-refractivity contribution >= 4 is 29.4 Å². The van der Waals surface area contributed by atoms with E-state index in [0.717, 1.165) is 0 Å². The number of carboxylic acids is 1. The van der Waals surface area contributed by atoms with Crippen molar-refractivity contribution in [2.24, 2.45) is 0 Å². The number of carbonyl (C=O) groups excluding carboxylic acids is 1. The van der Waals surface area contributed by atoms with Gasteiger partial charge in [0.1, 0.15) is 6.10 Å². The minimum atomic E-state index is -0.965. The molecule has 1 atom stereocenters. The summed E-state index contributed by atoms with van der Waals surface area (Å²) in [6.07, 6.45) is -0.714. The molecule has 0 bridgehead atoms. The third-order valence-corrected chi connectivity index (χ3v) is 2.96. The van der Waals surface area contributed by atoms with Crippen molar-refractivity contribution < 1.29 is 19.4 Å². The fraction of sp³-hybridized carbons (Fsp3) is 0.333. The highest BCUT2D eigenvalue weighted by atomic mass is 35.5. The Morgan fingerprint density at radius 2 is 2.11 bits per heavy atom. The molecule has 1 aromatic rings. The second-order valence-corrected chi connectivity index (χ2v) is 4.46. The number of carbonyl (C=O) groups is 2. The molecular formula is C12H12ClNO4. The summed E-state index contributed by atoms with van der Waals surface area (Å²) in [5.41, 5.74) is 0.693. The highest BCUT2D eigenvalue weighted by Gasteiger charge is 2.29. The Morgan fingerprint density at radius 3 is 2.67 bits per heavy atom. The average Bonchev–Trinajstić information content (AvgIpc) is 2.30. The van der Waals surface area contributed by atoms with Crippen molar-refractivity contribution in [1.82, 2.24) is 0 Å². The summed E-state index contributed by atoms with van der Waals surface area (Å²) >= 11 is 5.77. The minimum absolute atomic E-state index is 0.153. The van der Waals surface area contributed by atoms with Gasteiger partial charge in [0, 0.05) is 23.7 Å². The van der Waals surface area contributed by atoms with Crippen LogP contribution in [0.4, 0.5) is 10.5 Å². The Morgan fingerprint density at radius 1 is 1.44 bits per heavy atom. The van der Waals surface area contributed by atoms with Crippen LogP contribution in [0.25, 0.3) is 0 Å². The van der Waals surface area contributed by atoms with Crippen LogP contribution in [0, 0.1) is 0 Å². The van der Waals surface area contributed by atoms with E-state index in [9.17, 15) is 9.59 Å². The molecular weight excluding hydrogens is 258 g/mol. The SMILES string of the molecule is O=C(O)CC1CCN(c2ccc(Cl)cc2)C(=O)O1. The highest BCUT2D eigenvalue weighted by Crippen LogP contribution is 2.23. The molecule has 0 saturated carbocycles. The van der Waals surface area contributed by atoms with Crippen LogP contribution in [0.3, 0.4) is 0 Å². The summed E-state index contributed by atoms with van der Waals surface area (Å²) in [6.45, 7) is 0.443. The standard InChI is InChI=1S/C12H12ClNO4/c13-8-1-3-9(4-2-8)14-6-5-10(7-11(15)16)18-12(14)17/h1-4,10H,5-7H2,(H,15,16). The van der Waals surface area contributed by atoms with Gasteiger partial charge < -0.3 is 9.84 Å². The van der Waals surface area contributed by atoms with Crippen molar-refractivity contribution in [1.29, 1.82) is 0 Å². The highest BCUT2D eigenvalue weighted by molar-refractivity contribution is 6.30. The van der Waals surface area contributed by atoms with Crippen molar-refractivity contribution in [2.75, 3.05) is 11.4 Å². The van der Waals surface area contributed by atoms with Crippen molar-refractivity contribution in [3.63, 3.8) is 0 Å². The number of carboxylic acid groups (broad SMARTS) is 1. The van der Waals surface area contributed by atoms with E-state index >= 15 is 0 Å². The largest absolute Gasteiger partial charge is 0.481 e. The fourth-order valence-electron chi connectivity index (χ4n) is 1.82. The van der Waals surface area contributed by atoms with E-state index in [1.807, 2.05) is 0 Å². The Labute approximate surface area is 109 Å². The zero-order valence-corrected chi connectivity index (χ0v) is 10.3. The number of benzene rings is 1. The van der Waals surface area contributed by atoms with Crippen molar-refractivity contribution in [3.05, 3.63) is 29.3 Å². The summed E-state index contributed by atoms with van der Waals surface area (Å²) in [4.78, 5) is 23.8. The molecule has 1 aromatic carbocycles. The molecule has 18 heavy (non-hydrogen) atoms. The maximum absolute atomic E-state index is 11.7. The Kier molecular flexibility index (Phi) is 3.72. The lowest BCUT2D eigenvalue weighted by molar-refractivity contribution is -0.139. The molecule has 1 aliphatic heterocycles. The van der Waals surface area contributed by atoms with Crippen LogP contribution in [0.15, 0.2) is 24.3 Å². The van der Waals surface area contributed by atoms with Crippen LogP contribution in [-0.2, 0) is 9.53 Å². The lowest BCUT2D eigenvalue weighted by atomic mass is 10.1. The van der Waals surface area contributed by atoms with E-state index < -0.39 is 18.2 Å². The van der Waals surface area contributed by atoms with Crippen molar-refractivity contribution in [3.8, 4) is 0 Å². The summed E-state index contributed by atoms with van der Waals surface area (Å²) < 4.78 is 5.07. The van der Waals surface area contributed by atoms with Crippen molar-refractivity contribution in [2.45, 2.75) is 18.9 Å². The smallest absolute Gasteiger partial charge is 0.414 e. The van der Waals surface area contributed by atoms with Crippen LogP contribution in [0.2, 0.25) is 5.02 Å². The maximum atomic E-state index is 11.7. The minimum Gasteiger partial charge on any atom is -0.481 e. The number of amides is 1. The van der Waals surface area contributed by atoms with E-state index in [2.05, 4.69) is 0 Å². The molecule has 1 N–H and O–H groups in total. The van der Waals surface area contributed by atoms with Gasteiger partial charge in [-0.25, -0.2) is 4.79 Å². The van der Waals surface area contributed by atoms with E-state index in [-0.39, 0.29) is 6.42 Å². The molecule has 1 amide bonds. The van der Waals surface area contributed by atoms with Gasteiger partial charge in [-0.05, 0) is 24.3 Å². The van der Waals surface area contributed by atoms with Gasteiger partial charge in [-0.3, -0.25) is 9.69 Å². The molecule has 2 rings (SSSR count). The van der Waals surface area contributed by atoms with Gasteiger partial charge in [-0.1, -0.05) is 11.6 Å². The Balaban J connectivity index is 2.03. The molecule has 0 radical (unpaired) electrons. The van der Waals surface area contributed by atoms with Gasteiger partial charge in [0.15, 0.2) is 0 Å².